The first-order valence-corrected chi connectivity index (χ1v) is 5.58. The number of hydrogen-bond acceptors (Lipinski definition) is 2. The lowest BCUT2D eigenvalue weighted by Crippen LogP contribution is -2.12. The van der Waals surface area contributed by atoms with Gasteiger partial charge in [-0.05, 0) is 43.5 Å². The van der Waals surface area contributed by atoms with Crippen LogP contribution in [-0.2, 0) is 9.59 Å². The van der Waals surface area contributed by atoms with Crippen LogP contribution in [0, 0.1) is 13.8 Å². The molecule has 1 rings (SSSR count). The van der Waals surface area contributed by atoms with Gasteiger partial charge in [0.15, 0.2) is 0 Å². The number of carboxylic acid groups (broad SMARTS) is 1. The van der Waals surface area contributed by atoms with Crippen LogP contribution in [0.2, 0.25) is 0 Å². The Hall–Kier alpha value is -1.84. The van der Waals surface area contributed by atoms with E-state index >= 15 is 0 Å². The molecular formula is C13H17NO3. The van der Waals surface area contributed by atoms with Crippen molar-refractivity contribution >= 4 is 17.6 Å². The molecule has 0 aromatic heterocycles. The molecule has 2 N–H and O–H groups in total. The molecule has 0 aliphatic rings. The van der Waals surface area contributed by atoms with E-state index in [1.807, 2.05) is 32.0 Å². The average molecular weight is 235 g/mol. The molecule has 0 radical (unpaired) electrons. The summed E-state index contributed by atoms with van der Waals surface area (Å²) in [6, 6.07) is 5.70. The number of rotatable bonds is 5. The van der Waals surface area contributed by atoms with Crippen LogP contribution in [0.5, 0.6) is 0 Å². The molecule has 0 fully saturated rings. The highest BCUT2D eigenvalue weighted by atomic mass is 16.4. The third-order valence-corrected chi connectivity index (χ3v) is 2.59. The second-order valence-electron chi connectivity index (χ2n) is 4.09. The third kappa shape index (κ3) is 4.68. The standard InChI is InChI=1S/C13H17NO3/c1-9-6-7-11(8-10(9)2)14-12(15)4-3-5-13(16)17/h6-8H,3-5H2,1-2H3,(H,14,15)(H,16,17). The molecule has 0 saturated carbocycles. The van der Waals surface area contributed by atoms with Crippen LogP contribution in [-0.4, -0.2) is 17.0 Å². The summed E-state index contributed by atoms with van der Waals surface area (Å²) in [5, 5.41) is 11.2. The van der Waals surface area contributed by atoms with Crippen molar-refractivity contribution in [2.45, 2.75) is 33.1 Å². The minimum atomic E-state index is -0.871. The first-order chi connectivity index (χ1) is 7.99. The van der Waals surface area contributed by atoms with Crippen molar-refractivity contribution in [2.75, 3.05) is 5.32 Å². The van der Waals surface area contributed by atoms with Gasteiger partial charge in [0.05, 0.1) is 0 Å². The number of aliphatic carboxylic acids is 1. The summed E-state index contributed by atoms with van der Waals surface area (Å²) in [4.78, 5) is 21.8. The molecule has 0 spiro atoms. The van der Waals surface area contributed by atoms with Crippen LogP contribution >= 0.6 is 0 Å². The Morgan fingerprint density at radius 1 is 1.18 bits per heavy atom. The van der Waals surface area contributed by atoms with Crippen molar-refractivity contribution in [1.82, 2.24) is 0 Å². The number of aryl methyl sites for hydroxylation is 2. The number of carbonyl (C=O) groups is 2. The largest absolute Gasteiger partial charge is 0.481 e. The van der Waals surface area contributed by atoms with Crippen LogP contribution in [0.1, 0.15) is 30.4 Å². The number of benzene rings is 1. The van der Waals surface area contributed by atoms with E-state index in [0.29, 0.717) is 6.42 Å². The Balaban J connectivity index is 2.45. The molecule has 4 heteroatoms. The van der Waals surface area contributed by atoms with Crippen LogP contribution in [0.25, 0.3) is 0 Å². The van der Waals surface area contributed by atoms with Gasteiger partial charge in [0, 0.05) is 18.5 Å². The van der Waals surface area contributed by atoms with E-state index in [0.717, 1.165) is 11.3 Å². The highest BCUT2D eigenvalue weighted by Crippen LogP contribution is 2.14. The molecule has 1 aromatic carbocycles. The fourth-order valence-electron chi connectivity index (χ4n) is 1.44. The Kier molecular flexibility index (Phi) is 4.69. The monoisotopic (exact) mass is 235 g/mol. The summed E-state index contributed by atoms with van der Waals surface area (Å²) in [5.41, 5.74) is 3.05. The van der Waals surface area contributed by atoms with E-state index < -0.39 is 5.97 Å². The molecule has 0 unspecified atom stereocenters. The molecule has 17 heavy (non-hydrogen) atoms. The molecule has 0 aliphatic heterocycles. The van der Waals surface area contributed by atoms with E-state index in [2.05, 4.69) is 5.32 Å². The average Bonchev–Trinajstić information content (AvgIpc) is 2.23. The zero-order chi connectivity index (χ0) is 12.8. The van der Waals surface area contributed by atoms with Gasteiger partial charge >= 0.3 is 5.97 Å². The summed E-state index contributed by atoms with van der Waals surface area (Å²) in [6.45, 7) is 3.99. The van der Waals surface area contributed by atoms with Gasteiger partial charge in [-0.2, -0.15) is 0 Å². The summed E-state index contributed by atoms with van der Waals surface area (Å²) < 4.78 is 0. The predicted molar refractivity (Wildman–Crippen MR) is 66.0 cm³/mol. The van der Waals surface area contributed by atoms with Gasteiger partial charge in [-0.1, -0.05) is 6.07 Å². The zero-order valence-corrected chi connectivity index (χ0v) is 10.1. The number of carboxylic acids is 1. The molecule has 0 bridgehead atoms. The maximum Gasteiger partial charge on any atom is 0.303 e. The van der Waals surface area contributed by atoms with Crippen LogP contribution in [0.15, 0.2) is 18.2 Å². The van der Waals surface area contributed by atoms with Gasteiger partial charge in [-0.3, -0.25) is 9.59 Å². The van der Waals surface area contributed by atoms with Crippen molar-refractivity contribution in [3.8, 4) is 0 Å². The normalized spacial score (nSPS) is 10.0. The van der Waals surface area contributed by atoms with Crippen LogP contribution in [0.4, 0.5) is 5.69 Å². The topological polar surface area (TPSA) is 66.4 Å². The molecular weight excluding hydrogens is 218 g/mol. The van der Waals surface area contributed by atoms with E-state index in [9.17, 15) is 9.59 Å². The predicted octanol–water partition coefficient (Wildman–Crippen LogP) is 2.50. The molecule has 1 amide bonds. The molecule has 0 heterocycles. The highest BCUT2D eigenvalue weighted by molar-refractivity contribution is 5.91. The van der Waals surface area contributed by atoms with Crippen molar-refractivity contribution in [1.29, 1.82) is 0 Å². The Morgan fingerprint density at radius 3 is 2.47 bits per heavy atom. The van der Waals surface area contributed by atoms with Gasteiger partial charge < -0.3 is 10.4 Å². The van der Waals surface area contributed by atoms with Gasteiger partial charge in [0.2, 0.25) is 5.91 Å². The lowest BCUT2D eigenvalue weighted by Gasteiger charge is -2.07. The lowest BCUT2D eigenvalue weighted by molar-refractivity contribution is -0.137. The van der Waals surface area contributed by atoms with Crippen molar-refractivity contribution in [3.63, 3.8) is 0 Å². The fraction of sp³-hybridized carbons (Fsp3) is 0.385. The minimum absolute atomic E-state index is 0.0281. The number of hydrogen-bond donors (Lipinski definition) is 2. The van der Waals surface area contributed by atoms with Crippen LogP contribution < -0.4 is 5.32 Å². The minimum Gasteiger partial charge on any atom is -0.481 e. The SMILES string of the molecule is Cc1ccc(NC(=O)CCCC(=O)O)cc1C. The highest BCUT2D eigenvalue weighted by Gasteiger charge is 2.05. The second kappa shape index (κ2) is 6.03. The molecule has 0 aliphatic carbocycles. The van der Waals surface area contributed by atoms with Crippen molar-refractivity contribution in [2.24, 2.45) is 0 Å². The quantitative estimate of drug-likeness (QED) is 0.824. The van der Waals surface area contributed by atoms with Gasteiger partial charge in [0.1, 0.15) is 0 Å². The Bertz CT molecular complexity index is 427. The van der Waals surface area contributed by atoms with E-state index in [4.69, 9.17) is 5.11 Å². The number of carbonyl (C=O) groups excluding carboxylic acids is 1. The summed E-state index contributed by atoms with van der Waals surface area (Å²) in [6.07, 6.45) is 0.631. The van der Waals surface area contributed by atoms with E-state index in [1.54, 1.807) is 0 Å². The number of amides is 1. The number of nitrogens with one attached hydrogen (secondary N) is 1. The van der Waals surface area contributed by atoms with E-state index in [-0.39, 0.29) is 18.7 Å². The van der Waals surface area contributed by atoms with E-state index in [1.165, 1.54) is 5.56 Å². The Morgan fingerprint density at radius 2 is 1.88 bits per heavy atom. The molecule has 92 valence electrons. The van der Waals surface area contributed by atoms with Gasteiger partial charge in [0.25, 0.3) is 0 Å². The molecule has 4 nitrogen and oxygen atoms in total. The maximum atomic E-state index is 11.5. The smallest absolute Gasteiger partial charge is 0.303 e. The third-order valence-electron chi connectivity index (χ3n) is 2.59. The van der Waals surface area contributed by atoms with Crippen LogP contribution in [0.3, 0.4) is 0 Å². The first kappa shape index (κ1) is 13.2. The maximum absolute atomic E-state index is 11.5. The summed E-state index contributed by atoms with van der Waals surface area (Å²) >= 11 is 0. The zero-order valence-electron chi connectivity index (χ0n) is 10.1. The van der Waals surface area contributed by atoms with Gasteiger partial charge in [-0.25, -0.2) is 0 Å². The van der Waals surface area contributed by atoms with Crippen molar-refractivity contribution < 1.29 is 14.7 Å². The molecule has 0 saturated heterocycles. The summed E-state index contributed by atoms with van der Waals surface area (Å²) in [7, 11) is 0. The fourth-order valence-corrected chi connectivity index (χ4v) is 1.44. The summed E-state index contributed by atoms with van der Waals surface area (Å²) in [5.74, 6) is -1.02. The molecule has 0 atom stereocenters. The lowest BCUT2D eigenvalue weighted by atomic mass is 10.1. The Labute approximate surface area is 101 Å². The van der Waals surface area contributed by atoms with Crippen molar-refractivity contribution in [3.05, 3.63) is 29.3 Å². The number of anilines is 1. The second-order valence-corrected chi connectivity index (χ2v) is 4.09. The first-order valence-electron chi connectivity index (χ1n) is 5.58. The van der Waals surface area contributed by atoms with Gasteiger partial charge in [-0.15, -0.1) is 0 Å². The molecule has 1 aromatic rings.